The number of aryl methyl sites for hydroxylation is 1. The second kappa shape index (κ2) is 16.7. The molecule has 0 radical (unpaired) electrons. The summed E-state index contributed by atoms with van der Waals surface area (Å²) < 4.78 is 109. The second-order valence-electron chi connectivity index (χ2n) is 18.2. The van der Waals surface area contributed by atoms with Gasteiger partial charge < -0.3 is 14.4 Å². The first kappa shape index (κ1) is 30.8. The quantitative estimate of drug-likeness (QED) is 0.149. The molecule has 0 spiro atoms. The predicted molar refractivity (Wildman–Crippen MR) is 265 cm³/mol. The van der Waals surface area contributed by atoms with Crippen molar-refractivity contribution in [3.63, 3.8) is 0 Å². The first-order valence-electron chi connectivity index (χ1n) is 27.1. The molecule has 10 rings (SSSR count). The molecule has 0 unspecified atom stereocenters. The summed E-state index contributed by atoms with van der Waals surface area (Å²) in [5.41, 5.74) is 7.94. The molecule has 0 saturated heterocycles. The summed E-state index contributed by atoms with van der Waals surface area (Å²) in [4.78, 5) is 8.55. The molecule has 4 nitrogen and oxygen atoms in total. The smallest absolute Gasteiger partial charge is 0.135 e. The number of anilines is 4. The fourth-order valence-corrected chi connectivity index (χ4v) is 8.44. The van der Waals surface area contributed by atoms with Crippen LogP contribution < -0.4 is 9.80 Å². The molecule has 0 aliphatic carbocycles. The normalized spacial score (nSPS) is 15.4. The average molecular weight is 1030 g/mol. The fraction of sp³-hybridized carbons (Fsp3) is 0.186. The summed E-state index contributed by atoms with van der Waals surface area (Å²) in [6.07, 6.45) is 2.19. The first-order chi connectivity index (χ1) is 35.3. The maximum Gasteiger partial charge on any atom is 0.135 e. The summed E-state index contributed by atoms with van der Waals surface area (Å²) in [5.74, 6) is 0.630. The van der Waals surface area contributed by atoms with Gasteiger partial charge >= 0.3 is 0 Å². The minimum absolute atomic E-state index is 0. The number of pyridine rings is 1. The molecule has 1 aliphatic heterocycles. The number of fused-ring (bicyclic) bond motifs is 4. The summed E-state index contributed by atoms with van der Waals surface area (Å²) in [6.45, 7) is 17.9. The Kier molecular flexibility index (Phi) is 8.05. The minimum Gasteiger partial charge on any atom is -0.493 e. The van der Waals surface area contributed by atoms with E-state index < -0.39 is 65.8 Å². The van der Waals surface area contributed by atoms with Crippen molar-refractivity contribution in [1.82, 2.24) is 9.55 Å². The van der Waals surface area contributed by atoms with Crippen LogP contribution in [0.3, 0.4) is 0 Å². The van der Waals surface area contributed by atoms with Crippen LogP contribution in [-0.4, -0.2) is 9.55 Å². The first-order valence-corrected chi connectivity index (χ1v) is 21.1. The Morgan fingerprint density at radius 3 is 1.91 bits per heavy atom. The van der Waals surface area contributed by atoms with E-state index in [0.717, 1.165) is 44.1 Å². The van der Waals surface area contributed by atoms with E-state index in [1.807, 2.05) is 105 Å². The van der Waals surface area contributed by atoms with Crippen molar-refractivity contribution in [2.45, 2.75) is 72.6 Å². The molecule has 7 aromatic carbocycles. The van der Waals surface area contributed by atoms with Gasteiger partial charge in [-0.05, 0) is 107 Å². The number of aromatic nitrogens is 2. The Morgan fingerprint density at radius 1 is 0.641 bits per heavy atom. The number of benzene rings is 7. The van der Waals surface area contributed by atoms with Crippen LogP contribution >= 0.6 is 0 Å². The van der Waals surface area contributed by atoms with E-state index in [0.29, 0.717) is 40.4 Å². The molecule has 0 saturated carbocycles. The molecule has 0 N–H and O–H groups in total. The molecule has 322 valence electrons. The van der Waals surface area contributed by atoms with Crippen LogP contribution in [0.5, 0.6) is 0 Å². The Labute approximate surface area is 410 Å². The van der Waals surface area contributed by atoms with E-state index >= 15 is 0 Å². The molecule has 0 bridgehead atoms. The van der Waals surface area contributed by atoms with Gasteiger partial charge in [0, 0.05) is 61.0 Å². The zero-order valence-corrected chi connectivity index (χ0v) is 39.2. The minimum atomic E-state index is -0.627. The van der Waals surface area contributed by atoms with Gasteiger partial charge in [0.15, 0.2) is 0 Å². The zero-order chi connectivity index (χ0) is 54.1. The van der Waals surface area contributed by atoms with Crippen LogP contribution in [0.15, 0.2) is 158 Å². The van der Waals surface area contributed by atoms with E-state index in [9.17, 15) is 6.85 Å². The van der Waals surface area contributed by atoms with Crippen molar-refractivity contribution in [3.8, 4) is 28.1 Å². The third-order valence-electron chi connectivity index (χ3n) is 12.0. The van der Waals surface area contributed by atoms with E-state index in [4.69, 9.17) is 14.6 Å². The maximum atomic E-state index is 9.27. The van der Waals surface area contributed by atoms with Crippen molar-refractivity contribution in [2.24, 2.45) is 0 Å². The van der Waals surface area contributed by atoms with Gasteiger partial charge in [-0.2, -0.15) is 53.6 Å². The monoisotopic (exact) mass is 1020 g/mol. The standard InChI is InChI=1S/C59H53N4.Pt/c1-39-26-29-53-56(40(39)2)48-28-27-42(34-54(48)63(53)55-37-45(30-31-60-55)58(3,4)5)32-41-18-17-23-47(33-41)61-38-62(52-25-16-15-24-51(52)61)57-49(43-19-11-9-12-20-43)35-46(59(6,7)8)36-50(57)44-21-13-10-14-22-44;/h9-31,35-38H,32H2,1-8H3;/q-3;/i9D,10D,11D,12D,13D,14D,19D,20D,21D,22D,26D,29D;. The fourth-order valence-electron chi connectivity index (χ4n) is 8.44. The summed E-state index contributed by atoms with van der Waals surface area (Å²) in [7, 11) is 0. The van der Waals surface area contributed by atoms with Crippen molar-refractivity contribution >= 4 is 44.6 Å². The van der Waals surface area contributed by atoms with E-state index in [1.54, 1.807) is 29.9 Å². The molecule has 9 aromatic rings. The van der Waals surface area contributed by atoms with Crippen LogP contribution in [0, 0.1) is 32.6 Å². The van der Waals surface area contributed by atoms with Gasteiger partial charge in [-0.25, -0.2) is 4.98 Å². The van der Waals surface area contributed by atoms with Crippen LogP contribution in [0.1, 0.15) is 91.4 Å². The predicted octanol–water partition coefficient (Wildman–Crippen LogP) is 15.3. The van der Waals surface area contributed by atoms with Crippen molar-refractivity contribution in [1.29, 1.82) is 0 Å². The third kappa shape index (κ3) is 7.77. The SMILES string of the molecule is [2H]c1c([2H])c([2H])c(-c2cc(C(C)(C)C)cc(-c3c([2H])c([2H])c([2H])c([2H])c3[2H])c2N2[CH-]N(c3[c-]c(Cc4[c-]c5c(cc4)c4c(C)c(C)c([2H])c([2H])c4n5-c4cc(C(C)(C)C)ccn4)ccc3)c3ccccc32)c([2H])c1[2H].[Pt]. The molecule has 0 fully saturated rings. The maximum absolute atomic E-state index is 9.27. The Balaban J connectivity index is 0.00000706. The Hall–Kier alpha value is -6.22. The van der Waals surface area contributed by atoms with Gasteiger partial charge in [-0.15, -0.1) is 17.7 Å². The second-order valence-corrected chi connectivity index (χ2v) is 18.2. The molecule has 5 heteroatoms. The van der Waals surface area contributed by atoms with Gasteiger partial charge in [0.25, 0.3) is 0 Å². The molecule has 0 atom stereocenters. The topological polar surface area (TPSA) is 24.3 Å². The summed E-state index contributed by atoms with van der Waals surface area (Å²) in [5, 5.41) is 1.78. The van der Waals surface area contributed by atoms with Crippen LogP contribution in [0.2, 0.25) is 0 Å². The molecule has 2 aromatic heterocycles. The average Bonchev–Trinajstić information content (AvgIpc) is 3.96. The number of hydrogen-bond acceptors (Lipinski definition) is 3. The molecule has 1 aliphatic rings. The van der Waals surface area contributed by atoms with Crippen LogP contribution in [0.4, 0.5) is 22.7 Å². The van der Waals surface area contributed by atoms with E-state index in [1.165, 1.54) is 0 Å². The third-order valence-corrected chi connectivity index (χ3v) is 12.0. The molecule has 64 heavy (non-hydrogen) atoms. The number of nitrogens with zero attached hydrogens (tertiary/aromatic N) is 4. The van der Waals surface area contributed by atoms with Crippen molar-refractivity contribution < 1.29 is 37.5 Å². The molecule has 3 heterocycles. The Morgan fingerprint density at radius 2 is 1.27 bits per heavy atom. The summed E-state index contributed by atoms with van der Waals surface area (Å²) in [6, 6.07) is 27.5. The number of rotatable bonds is 7. The van der Waals surface area contributed by atoms with Crippen molar-refractivity contribution in [2.75, 3.05) is 9.80 Å². The van der Waals surface area contributed by atoms with E-state index in [2.05, 4.69) is 39.0 Å². The summed E-state index contributed by atoms with van der Waals surface area (Å²) >= 11 is 0. The van der Waals surface area contributed by atoms with Gasteiger partial charge in [0.2, 0.25) is 0 Å². The van der Waals surface area contributed by atoms with Crippen LogP contribution in [0.25, 0.3) is 49.9 Å². The van der Waals surface area contributed by atoms with E-state index in [-0.39, 0.29) is 66.5 Å². The molecular weight excluding hydrogens is 960 g/mol. The Bertz CT molecular complexity index is 3750. The van der Waals surface area contributed by atoms with Gasteiger partial charge in [-0.3, -0.25) is 0 Å². The zero-order valence-electron chi connectivity index (χ0n) is 49.0. The number of para-hydroxylation sites is 2. The molecular formula is C59H53N4Pt-3. The number of hydrogen-bond donors (Lipinski definition) is 0. The van der Waals surface area contributed by atoms with Gasteiger partial charge in [0.1, 0.15) is 5.82 Å². The molecule has 0 amide bonds. The van der Waals surface area contributed by atoms with Crippen LogP contribution in [-0.2, 0) is 38.3 Å². The van der Waals surface area contributed by atoms with Gasteiger partial charge in [-0.1, -0.05) is 131 Å². The van der Waals surface area contributed by atoms with Gasteiger partial charge in [0.05, 0.1) is 16.4 Å². The van der Waals surface area contributed by atoms with Crippen molar-refractivity contribution in [3.05, 3.63) is 210 Å². The largest absolute Gasteiger partial charge is 0.493 e.